The predicted octanol–water partition coefficient (Wildman–Crippen LogP) is 1.98. The second-order valence-electron chi connectivity index (χ2n) is 7.73. The number of hydrogen-bond acceptors (Lipinski definition) is 6. The topological polar surface area (TPSA) is 55.8 Å². The van der Waals surface area contributed by atoms with E-state index in [9.17, 15) is 4.79 Å². The summed E-state index contributed by atoms with van der Waals surface area (Å²) in [6.07, 6.45) is 3.54. The molecule has 0 bridgehead atoms. The summed E-state index contributed by atoms with van der Waals surface area (Å²) in [4.78, 5) is 21.3. The van der Waals surface area contributed by atoms with Crippen LogP contribution in [0, 0.1) is 0 Å². The fourth-order valence-corrected chi connectivity index (χ4v) is 3.94. The van der Waals surface area contributed by atoms with Crippen LogP contribution in [0.1, 0.15) is 12.5 Å². The zero-order valence-corrected chi connectivity index (χ0v) is 17.7. The zero-order valence-electron chi connectivity index (χ0n) is 17.7. The van der Waals surface area contributed by atoms with E-state index >= 15 is 0 Å². The molecule has 0 atom stereocenters. The van der Waals surface area contributed by atoms with E-state index in [0.717, 1.165) is 63.0 Å². The highest BCUT2D eigenvalue weighted by Crippen LogP contribution is 2.18. The Morgan fingerprint density at radius 2 is 1.40 bits per heavy atom. The number of carbonyl (C=O) groups excluding carboxylic acids is 1. The molecule has 2 fully saturated rings. The molecule has 158 valence electrons. The summed E-state index contributed by atoms with van der Waals surface area (Å²) in [5.74, 6) is 1.90. The van der Waals surface area contributed by atoms with Gasteiger partial charge in [-0.1, -0.05) is 37.3 Å². The normalized spacial score (nSPS) is 18.2. The first-order valence-electron chi connectivity index (χ1n) is 10.8. The monoisotopic (exact) mass is 406 g/mol. The third-order valence-corrected chi connectivity index (χ3v) is 5.91. The maximum absolute atomic E-state index is 12.5. The van der Waals surface area contributed by atoms with Crippen LogP contribution in [0.2, 0.25) is 0 Å². The number of piperazine rings is 2. The molecule has 3 heterocycles. The lowest BCUT2D eigenvalue weighted by atomic mass is 10.2. The smallest absolute Gasteiger partial charge is 0.246 e. The molecule has 1 aromatic heterocycles. The molecule has 2 saturated heterocycles. The van der Waals surface area contributed by atoms with Crippen molar-refractivity contribution in [3.05, 3.63) is 54.1 Å². The van der Waals surface area contributed by atoms with E-state index in [0.29, 0.717) is 13.1 Å². The molecular formula is C23H30N6O. The minimum atomic E-state index is 0.0613. The summed E-state index contributed by atoms with van der Waals surface area (Å²) in [5, 5.41) is 8.94. The van der Waals surface area contributed by atoms with E-state index in [1.54, 1.807) is 6.08 Å². The average molecular weight is 407 g/mol. The van der Waals surface area contributed by atoms with Crippen LogP contribution in [0.25, 0.3) is 6.08 Å². The van der Waals surface area contributed by atoms with Crippen molar-refractivity contribution in [3.8, 4) is 0 Å². The van der Waals surface area contributed by atoms with Crippen LogP contribution in [-0.4, -0.2) is 84.8 Å². The maximum atomic E-state index is 12.5. The lowest BCUT2D eigenvalue weighted by Crippen LogP contribution is -2.48. The first kappa shape index (κ1) is 20.3. The third-order valence-electron chi connectivity index (χ3n) is 5.91. The molecule has 2 aliphatic heterocycles. The van der Waals surface area contributed by atoms with Crippen molar-refractivity contribution >= 4 is 23.6 Å². The number of nitrogens with zero attached hydrogens (tertiary/aromatic N) is 6. The van der Waals surface area contributed by atoms with Gasteiger partial charge in [-0.05, 0) is 30.3 Å². The number of amides is 1. The second-order valence-corrected chi connectivity index (χ2v) is 7.73. The van der Waals surface area contributed by atoms with Crippen LogP contribution in [0.5, 0.6) is 0 Å². The van der Waals surface area contributed by atoms with Crippen LogP contribution in [0.4, 0.5) is 11.6 Å². The number of hydrogen-bond donors (Lipinski definition) is 0. The predicted molar refractivity (Wildman–Crippen MR) is 121 cm³/mol. The Morgan fingerprint density at radius 1 is 0.833 bits per heavy atom. The number of likely N-dealkylation sites (N-methyl/N-ethyl adjacent to an activating group) is 1. The number of anilines is 2. The van der Waals surface area contributed by atoms with Gasteiger partial charge in [-0.25, -0.2) is 0 Å². The van der Waals surface area contributed by atoms with E-state index in [4.69, 9.17) is 0 Å². The van der Waals surface area contributed by atoms with Gasteiger partial charge in [0, 0.05) is 58.4 Å². The van der Waals surface area contributed by atoms with Gasteiger partial charge in [0.15, 0.2) is 11.6 Å². The average Bonchev–Trinajstić information content (AvgIpc) is 2.83. The molecule has 1 aromatic carbocycles. The zero-order chi connectivity index (χ0) is 20.8. The molecule has 4 rings (SSSR count). The molecule has 1 amide bonds. The van der Waals surface area contributed by atoms with Crippen molar-refractivity contribution in [2.45, 2.75) is 6.92 Å². The van der Waals surface area contributed by atoms with Crippen molar-refractivity contribution in [2.24, 2.45) is 0 Å². The van der Waals surface area contributed by atoms with Gasteiger partial charge in [0.2, 0.25) is 5.91 Å². The number of rotatable bonds is 5. The summed E-state index contributed by atoms with van der Waals surface area (Å²) >= 11 is 0. The Balaban J connectivity index is 1.28. The molecule has 0 N–H and O–H groups in total. The molecule has 0 unspecified atom stereocenters. The van der Waals surface area contributed by atoms with E-state index in [-0.39, 0.29) is 5.91 Å². The Morgan fingerprint density at radius 3 is 1.93 bits per heavy atom. The molecule has 2 aliphatic rings. The van der Waals surface area contributed by atoms with Crippen LogP contribution in [0.15, 0.2) is 48.5 Å². The second kappa shape index (κ2) is 9.71. The third kappa shape index (κ3) is 4.97. The summed E-state index contributed by atoms with van der Waals surface area (Å²) in [7, 11) is 0. The fourth-order valence-electron chi connectivity index (χ4n) is 3.94. The van der Waals surface area contributed by atoms with Crippen molar-refractivity contribution in [1.29, 1.82) is 0 Å². The van der Waals surface area contributed by atoms with Gasteiger partial charge < -0.3 is 19.6 Å². The van der Waals surface area contributed by atoms with Crippen LogP contribution in [-0.2, 0) is 4.79 Å². The van der Waals surface area contributed by atoms with E-state index < -0.39 is 0 Å². The lowest BCUT2D eigenvalue weighted by Gasteiger charge is -2.36. The first-order valence-corrected chi connectivity index (χ1v) is 10.8. The highest BCUT2D eigenvalue weighted by molar-refractivity contribution is 5.91. The largest absolute Gasteiger partial charge is 0.353 e. The van der Waals surface area contributed by atoms with Gasteiger partial charge in [0.1, 0.15) is 0 Å². The summed E-state index contributed by atoms with van der Waals surface area (Å²) in [5.41, 5.74) is 1.04. The van der Waals surface area contributed by atoms with Gasteiger partial charge in [0.25, 0.3) is 0 Å². The summed E-state index contributed by atoms with van der Waals surface area (Å²) in [6, 6.07) is 14.0. The van der Waals surface area contributed by atoms with Gasteiger partial charge >= 0.3 is 0 Å². The minimum absolute atomic E-state index is 0.0613. The molecule has 7 heteroatoms. The fraction of sp³-hybridized carbons (Fsp3) is 0.435. The summed E-state index contributed by atoms with van der Waals surface area (Å²) < 4.78 is 0. The Labute approximate surface area is 178 Å². The van der Waals surface area contributed by atoms with Crippen LogP contribution >= 0.6 is 0 Å². The molecule has 30 heavy (non-hydrogen) atoms. The van der Waals surface area contributed by atoms with Gasteiger partial charge in [-0.3, -0.25) is 4.79 Å². The van der Waals surface area contributed by atoms with Crippen molar-refractivity contribution < 1.29 is 4.79 Å². The lowest BCUT2D eigenvalue weighted by molar-refractivity contribution is -0.126. The Kier molecular flexibility index (Phi) is 6.59. The van der Waals surface area contributed by atoms with Gasteiger partial charge in [-0.15, -0.1) is 10.2 Å². The molecule has 0 saturated carbocycles. The van der Waals surface area contributed by atoms with Crippen LogP contribution in [0.3, 0.4) is 0 Å². The number of carbonyl (C=O) groups is 1. The van der Waals surface area contributed by atoms with E-state index in [1.165, 1.54) is 0 Å². The molecule has 0 radical (unpaired) electrons. The molecule has 2 aromatic rings. The van der Waals surface area contributed by atoms with Gasteiger partial charge in [-0.2, -0.15) is 0 Å². The highest BCUT2D eigenvalue weighted by atomic mass is 16.2. The van der Waals surface area contributed by atoms with Crippen molar-refractivity contribution in [1.82, 2.24) is 20.0 Å². The highest BCUT2D eigenvalue weighted by Gasteiger charge is 2.22. The first-order chi connectivity index (χ1) is 14.7. The molecule has 0 spiro atoms. The Hall–Kier alpha value is -2.93. The molecule has 7 nitrogen and oxygen atoms in total. The van der Waals surface area contributed by atoms with Gasteiger partial charge in [0.05, 0.1) is 0 Å². The maximum Gasteiger partial charge on any atom is 0.246 e. The van der Waals surface area contributed by atoms with E-state index in [2.05, 4.69) is 44.0 Å². The number of aromatic nitrogens is 2. The molecular weight excluding hydrogens is 376 g/mol. The quantitative estimate of drug-likeness (QED) is 0.708. The standard InChI is InChI=1S/C23H30N6O/c1-2-26-12-14-27(15-13-26)21-9-10-22(25-24-21)28-16-18-29(19-17-28)23(30)11-8-20-6-4-3-5-7-20/h3-11H,2,12-19H2,1H3/b11-8+. The van der Waals surface area contributed by atoms with Crippen molar-refractivity contribution in [2.75, 3.05) is 68.7 Å². The SMILES string of the molecule is CCN1CCN(c2ccc(N3CCN(C(=O)/C=C/c4ccccc4)CC3)nn2)CC1. The summed E-state index contributed by atoms with van der Waals surface area (Å²) in [6.45, 7) is 10.4. The Bertz CT molecular complexity index is 838. The van der Waals surface area contributed by atoms with Crippen molar-refractivity contribution in [3.63, 3.8) is 0 Å². The number of benzene rings is 1. The van der Waals surface area contributed by atoms with E-state index in [1.807, 2.05) is 41.3 Å². The molecule has 0 aliphatic carbocycles. The minimum Gasteiger partial charge on any atom is -0.353 e. The van der Waals surface area contributed by atoms with Crippen LogP contribution < -0.4 is 9.80 Å².